The highest BCUT2D eigenvalue weighted by atomic mass is 19.2. The van der Waals surface area contributed by atoms with E-state index in [2.05, 4.69) is 5.32 Å². The number of nitrogens with one attached hydrogen (secondary N) is 1. The van der Waals surface area contributed by atoms with Gasteiger partial charge < -0.3 is 14.8 Å². The molecule has 0 bridgehead atoms. The minimum atomic E-state index is -1.10. The lowest BCUT2D eigenvalue weighted by Crippen LogP contribution is -2.51. The molecule has 0 aromatic heterocycles. The van der Waals surface area contributed by atoms with E-state index in [1.165, 1.54) is 60.4 Å². The summed E-state index contributed by atoms with van der Waals surface area (Å²) in [7, 11) is 0. The van der Waals surface area contributed by atoms with Gasteiger partial charge in [-0.05, 0) is 55.0 Å². The predicted molar refractivity (Wildman–Crippen MR) is 123 cm³/mol. The summed E-state index contributed by atoms with van der Waals surface area (Å²) < 4.78 is 50.2. The highest BCUT2D eigenvalue weighted by Gasteiger charge is 2.33. The molecule has 3 aromatic carbocycles. The molecule has 0 spiro atoms. The summed E-state index contributed by atoms with van der Waals surface area (Å²) in [5, 5.41) is 2.71. The molecule has 2 amide bonds. The molecule has 1 unspecified atom stereocenters. The van der Waals surface area contributed by atoms with E-state index in [9.17, 15) is 27.6 Å². The van der Waals surface area contributed by atoms with E-state index in [1.807, 2.05) is 0 Å². The Hall–Kier alpha value is -4.34. The fourth-order valence-corrected chi connectivity index (χ4v) is 3.62. The Morgan fingerprint density at radius 1 is 1.03 bits per heavy atom. The summed E-state index contributed by atoms with van der Waals surface area (Å²) in [6.07, 6.45) is 0. The van der Waals surface area contributed by atoms with Crippen LogP contribution in [0.2, 0.25) is 0 Å². The largest absolute Gasteiger partial charge is 0.485 e. The Morgan fingerprint density at radius 2 is 1.78 bits per heavy atom. The van der Waals surface area contributed by atoms with Crippen molar-refractivity contribution >= 4 is 23.3 Å². The molecule has 36 heavy (non-hydrogen) atoms. The molecule has 0 saturated carbocycles. The molecule has 0 fully saturated rings. The Kier molecular flexibility index (Phi) is 7.23. The highest BCUT2D eigenvalue weighted by molar-refractivity contribution is 6.05. The number of Topliss-reactive ketones (excluding diaryl/α,β-unsaturated/α-hetero) is 1. The van der Waals surface area contributed by atoms with Gasteiger partial charge in [-0.15, -0.1) is 0 Å². The van der Waals surface area contributed by atoms with Crippen molar-refractivity contribution in [3.8, 4) is 11.5 Å². The van der Waals surface area contributed by atoms with Crippen molar-refractivity contribution in [1.29, 1.82) is 0 Å². The standard InChI is InChI=1S/C26H21F3N2O5/c1-15(26(34)30-12-16-2-5-18(27)6-3-16)31-22-10-17(4-9-24(22)36-14-25(31)33)23(32)13-35-19-7-8-20(28)21(29)11-19/h2-11,15H,12-14H2,1H3,(H,30,34). The van der Waals surface area contributed by atoms with Crippen LogP contribution >= 0.6 is 0 Å². The van der Waals surface area contributed by atoms with Crippen molar-refractivity contribution in [2.75, 3.05) is 18.1 Å². The van der Waals surface area contributed by atoms with Gasteiger partial charge in [-0.3, -0.25) is 19.3 Å². The van der Waals surface area contributed by atoms with Gasteiger partial charge in [-0.25, -0.2) is 13.2 Å². The Morgan fingerprint density at radius 3 is 2.50 bits per heavy atom. The predicted octanol–water partition coefficient (Wildman–Crippen LogP) is 3.80. The molecule has 1 N–H and O–H groups in total. The molecular formula is C26H21F3N2O5. The van der Waals surface area contributed by atoms with Gasteiger partial charge in [0.25, 0.3) is 5.91 Å². The molecule has 186 valence electrons. The van der Waals surface area contributed by atoms with Crippen LogP contribution in [0.5, 0.6) is 11.5 Å². The van der Waals surface area contributed by atoms with Crippen LogP contribution in [0.15, 0.2) is 60.7 Å². The summed E-state index contributed by atoms with van der Waals surface area (Å²) in [5.74, 6) is -3.68. The number of benzene rings is 3. The number of hydrogen-bond acceptors (Lipinski definition) is 5. The minimum Gasteiger partial charge on any atom is -0.485 e. The number of fused-ring (bicyclic) bond motifs is 1. The fraction of sp³-hybridized carbons (Fsp3) is 0.192. The third-order valence-corrected chi connectivity index (χ3v) is 5.57. The smallest absolute Gasteiger partial charge is 0.265 e. The van der Waals surface area contributed by atoms with Crippen molar-refractivity contribution in [3.05, 3.63) is 89.2 Å². The molecule has 1 atom stereocenters. The van der Waals surface area contributed by atoms with Crippen molar-refractivity contribution in [2.45, 2.75) is 19.5 Å². The number of nitrogens with zero attached hydrogens (tertiary/aromatic N) is 1. The second-order valence-corrected chi connectivity index (χ2v) is 8.04. The summed E-state index contributed by atoms with van der Waals surface area (Å²) in [6, 6.07) is 12.0. The normalized spacial score (nSPS) is 13.4. The van der Waals surface area contributed by atoms with Crippen LogP contribution < -0.4 is 19.7 Å². The van der Waals surface area contributed by atoms with Crippen LogP contribution in [0.25, 0.3) is 0 Å². The summed E-state index contributed by atoms with van der Waals surface area (Å²) in [5.41, 5.74) is 1.08. The maximum atomic E-state index is 13.4. The zero-order chi connectivity index (χ0) is 25.8. The van der Waals surface area contributed by atoms with Crippen molar-refractivity contribution in [1.82, 2.24) is 5.32 Å². The lowest BCUT2D eigenvalue weighted by atomic mass is 10.1. The van der Waals surface area contributed by atoms with Gasteiger partial charge in [-0.2, -0.15) is 0 Å². The average Bonchev–Trinajstić information content (AvgIpc) is 2.88. The van der Waals surface area contributed by atoms with Crippen LogP contribution in [0, 0.1) is 17.5 Å². The SMILES string of the molecule is CC(C(=O)NCc1ccc(F)cc1)N1C(=O)COc2ccc(C(=O)COc3ccc(F)c(F)c3)cc21. The number of halogens is 3. The topological polar surface area (TPSA) is 84.9 Å². The second kappa shape index (κ2) is 10.5. The summed E-state index contributed by atoms with van der Waals surface area (Å²) in [6.45, 7) is 0.920. The zero-order valence-electron chi connectivity index (χ0n) is 19.1. The van der Waals surface area contributed by atoms with Gasteiger partial charge in [-0.1, -0.05) is 12.1 Å². The first-order chi connectivity index (χ1) is 17.2. The lowest BCUT2D eigenvalue weighted by Gasteiger charge is -2.33. The first kappa shape index (κ1) is 24.8. The van der Waals surface area contributed by atoms with Gasteiger partial charge in [0.2, 0.25) is 5.91 Å². The first-order valence-electron chi connectivity index (χ1n) is 10.9. The minimum absolute atomic E-state index is 0.0215. The van der Waals surface area contributed by atoms with E-state index >= 15 is 0 Å². The first-order valence-corrected chi connectivity index (χ1v) is 10.9. The Labute approximate surface area is 204 Å². The van der Waals surface area contributed by atoms with Gasteiger partial charge >= 0.3 is 0 Å². The lowest BCUT2D eigenvalue weighted by molar-refractivity contribution is -0.127. The van der Waals surface area contributed by atoms with E-state index in [0.717, 1.165) is 12.1 Å². The number of hydrogen-bond donors (Lipinski definition) is 1. The van der Waals surface area contributed by atoms with Gasteiger partial charge in [0.05, 0.1) is 5.69 Å². The second-order valence-electron chi connectivity index (χ2n) is 8.04. The van der Waals surface area contributed by atoms with Gasteiger partial charge in [0.1, 0.15) is 23.4 Å². The van der Waals surface area contributed by atoms with E-state index in [0.29, 0.717) is 11.3 Å². The van der Waals surface area contributed by atoms with Crippen molar-refractivity contribution < 1.29 is 37.0 Å². The summed E-state index contributed by atoms with van der Waals surface area (Å²) >= 11 is 0. The van der Waals surface area contributed by atoms with Crippen LogP contribution in [-0.4, -0.2) is 36.9 Å². The van der Waals surface area contributed by atoms with Gasteiger partial charge in [0.15, 0.2) is 30.6 Å². The van der Waals surface area contributed by atoms with Crippen molar-refractivity contribution in [2.24, 2.45) is 0 Å². The molecule has 0 aliphatic carbocycles. The molecule has 1 aliphatic rings. The van der Waals surface area contributed by atoms with E-state index < -0.39 is 47.7 Å². The monoisotopic (exact) mass is 498 g/mol. The van der Waals surface area contributed by atoms with Crippen molar-refractivity contribution in [3.63, 3.8) is 0 Å². The number of anilines is 1. The quantitative estimate of drug-likeness (QED) is 0.478. The Balaban J connectivity index is 1.47. The number of amides is 2. The Bertz CT molecular complexity index is 1310. The molecule has 3 aromatic rings. The summed E-state index contributed by atoms with van der Waals surface area (Å²) in [4.78, 5) is 39.4. The number of carbonyl (C=O) groups excluding carboxylic acids is 3. The number of carbonyl (C=O) groups is 3. The molecule has 0 saturated heterocycles. The van der Waals surface area contributed by atoms with Gasteiger partial charge in [0, 0.05) is 18.2 Å². The molecular weight excluding hydrogens is 477 g/mol. The van der Waals surface area contributed by atoms with Crippen LogP contribution in [0.1, 0.15) is 22.8 Å². The molecule has 10 heteroatoms. The maximum absolute atomic E-state index is 13.4. The zero-order valence-corrected chi connectivity index (χ0v) is 19.1. The third kappa shape index (κ3) is 5.48. The van der Waals surface area contributed by atoms with E-state index in [1.54, 1.807) is 0 Å². The molecule has 1 aliphatic heterocycles. The molecule has 4 rings (SSSR count). The van der Waals surface area contributed by atoms with Crippen LogP contribution in [0.3, 0.4) is 0 Å². The maximum Gasteiger partial charge on any atom is 0.265 e. The highest BCUT2D eigenvalue weighted by Crippen LogP contribution is 2.34. The third-order valence-electron chi connectivity index (χ3n) is 5.57. The van der Waals surface area contributed by atoms with Crippen LogP contribution in [0.4, 0.5) is 18.9 Å². The molecule has 1 heterocycles. The molecule has 0 radical (unpaired) electrons. The fourth-order valence-electron chi connectivity index (χ4n) is 3.62. The van der Waals surface area contributed by atoms with Crippen LogP contribution in [-0.2, 0) is 16.1 Å². The number of rotatable bonds is 8. The molecule has 7 nitrogen and oxygen atoms in total. The van der Waals surface area contributed by atoms with E-state index in [4.69, 9.17) is 9.47 Å². The number of ether oxygens (including phenoxy) is 2. The number of ketones is 1. The average molecular weight is 498 g/mol. The van der Waals surface area contributed by atoms with E-state index in [-0.39, 0.29) is 30.2 Å².